The number of ether oxygens (including phenoxy) is 1. The molecule has 2 heterocycles. The van der Waals surface area contributed by atoms with Crippen molar-refractivity contribution in [3.63, 3.8) is 0 Å². The fraction of sp³-hybridized carbons (Fsp3) is 0.450. The molecule has 2 aliphatic heterocycles. The third-order valence-corrected chi connectivity index (χ3v) is 5.37. The molecule has 29 heavy (non-hydrogen) atoms. The van der Waals surface area contributed by atoms with Crippen LogP contribution < -0.4 is 15.0 Å². The number of methoxy groups -OCH3 is 1. The SMILES string of the molecule is COc1c(N2CCC(=O)CC2)ccc(C=O)c1C(=O)N(C)C1CCC(=O)NC1=O. The highest BCUT2D eigenvalue weighted by Crippen LogP contribution is 2.36. The molecule has 3 amide bonds. The van der Waals surface area contributed by atoms with E-state index in [2.05, 4.69) is 5.32 Å². The van der Waals surface area contributed by atoms with Crippen LogP contribution in [0.1, 0.15) is 46.4 Å². The standard InChI is InChI=1S/C20H23N3O6/c1-22(15-5-6-16(26)21-19(15)27)20(28)17-12(11-24)3-4-14(18(17)29-2)23-9-7-13(25)8-10-23/h3-4,11,15H,5-10H2,1-2H3,(H,21,26,27). The summed E-state index contributed by atoms with van der Waals surface area (Å²) in [6.45, 7) is 0.985. The zero-order valence-electron chi connectivity index (χ0n) is 16.4. The molecule has 1 aromatic rings. The van der Waals surface area contributed by atoms with E-state index < -0.39 is 17.9 Å². The van der Waals surface area contributed by atoms with Crippen LogP contribution in [0.2, 0.25) is 0 Å². The lowest BCUT2D eigenvalue weighted by molar-refractivity contribution is -0.136. The minimum atomic E-state index is -0.819. The fourth-order valence-electron chi connectivity index (χ4n) is 3.73. The Balaban J connectivity index is 1.98. The summed E-state index contributed by atoms with van der Waals surface area (Å²) in [6, 6.07) is 2.41. The van der Waals surface area contributed by atoms with Gasteiger partial charge >= 0.3 is 0 Å². The minimum Gasteiger partial charge on any atom is -0.494 e. The van der Waals surface area contributed by atoms with E-state index in [4.69, 9.17) is 4.74 Å². The Morgan fingerprint density at radius 1 is 1.21 bits per heavy atom. The Labute approximate surface area is 168 Å². The predicted octanol–water partition coefficient (Wildman–Crippen LogP) is 0.554. The lowest BCUT2D eigenvalue weighted by atomic mass is 9.99. The second-order valence-corrected chi connectivity index (χ2v) is 7.11. The van der Waals surface area contributed by atoms with E-state index in [9.17, 15) is 24.0 Å². The Kier molecular flexibility index (Phi) is 5.95. The average molecular weight is 401 g/mol. The quantitative estimate of drug-likeness (QED) is 0.566. The minimum absolute atomic E-state index is 0.0594. The largest absolute Gasteiger partial charge is 0.494 e. The van der Waals surface area contributed by atoms with Gasteiger partial charge < -0.3 is 14.5 Å². The maximum absolute atomic E-state index is 13.3. The van der Waals surface area contributed by atoms with E-state index >= 15 is 0 Å². The molecule has 0 bridgehead atoms. The summed E-state index contributed by atoms with van der Waals surface area (Å²) in [5, 5.41) is 2.23. The van der Waals surface area contributed by atoms with Crippen LogP contribution in [0.15, 0.2) is 12.1 Å². The number of carbonyl (C=O) groups is 5. The number of Topliss-reactive ketones (excluding diaryl/α,β-unsaturated/α-hetero) is 1. The van der Waals surface area contributed by atoms with E-state index in [-0.39, 0.29) is 41.4 Å². The number of anilines is 1. The van der Waals surface area contributed by atoms with Crippen LogP contribution in [0.3, 0.4) is 0 Å². The van der Waals surface area contributed by atoms with Crippen LogP contribution in [-0.2, 0) is 14.4 Å². The van der Waals surface area contributed by atoms with Gasteiger partial charge in [-0.3, -0.25) is 29.3 Å². The molecule has 1 aromatic carbocycles. The number of hydrogen-bond donors (Lipinski definition) is 1. The molecule has 154 valence electrons. The Hall–Kier alpha value is -3.23. The van der Waals surface area contributed by atoms with E-state index in [1.807, 2.05) is 4.90 Å². The number of amides is 3. The normalized spacial score (nSPS) is 19.6. The molecule has 0 aromatic heterocycles. The van der Waals surface area contributed by atoms with Gasteiger partial charge in [0.2, 0.25) is 11.8 Å². The van der Waals surface area contributed by atoms with Crippen LogP contribution in [0, 0.1) is 0 Å². The van der Waals surface area contributed by atoms with Crippen molar-refractivity contribution >= 4 is 35.5 Å². The fourth-order valence-corrected chi connectivity index (χ4v) is 3.73. The topological polar surface area (TPSA) is 113 Å². The van der Waals surface area contributed by atoms with Gasteiger partial charge in [-0.2, -0.15) is 0 Å². The van der Waals surface area contributed by atoms with Crippen molar-refractivity contribution in [3.05, 3.63) is 23.3 Å². The maximum Gasteiger partial charge on any atom is 0.258 e. The molecule has 1 atom stereocenters. The predicted molar refractivity (Wildman–Crippen MR) is 103 cm³/mol. The first-order valence-electron chi connectivity index (χ1n) is 9.41. The highest BCUT2D eigenvalue weighted by molar-refractivity contribution is 6.08. The zero-order valence-corrected chi connectivity index (χ0v) is 16.4. The van der Waals surface area contributed by atoms with Gasteiger partial charge in [-0.25, -0.2) is 0 Å². The number of imide groups is 1. The highest BCUT2D eigenvalue weighted by Gasteiger charge is 2.35. The third kappa shape index (κ3) is 3.98. The molecule has 2 fully saturated rings. The summed E-state index contributed by atoms with van der Waals surface area (Å²) in [5.41, 5.74) is 0.817. The number of nitrogens with zero attached hydrogens (tertiary/aromatic N) is 2. The van der Waals surface area contributed by atoms with Gasteiger partial charge in [-0.05, 0) is 18.6 Å². The molecule has 1 unspecified atom stereocenters. The maximum atomic E-state index is 13.3. The van der Waals surface area contributed by atoms with Gasteiger partial charge in [0.05, 0.1) is 18.4 Å². The van der Waals surface area contributed by atoms with E-state index in [0.29, 0.717) is 37.9 Å². The number of nitrogens with one attached hydrogen (secondary N) is 1. The number of likely N-dealkylation sites (N-methyl/N-ethyl adjacent to an activating group) is 1. The molecule has 0 spiro atoms. The van der Waals surface area contributed by atoms with E-state index in [1.54, 1.807) is 6.07 Å². The second-order valence-electron chi connectivity index (χ2n) is 7.11. The smallest absolute Gasteiger partial charge is 0.258 e. The Morgan fingerprint density at radius 3 is 2.48 bits per heavy atom. The number of ketones is 1. The van der Waals surface area contributed by atoms with Crippen LogP contribution >= 0.6 is 0 Å². The van der Waals surface area contributed by atoms with Gasteiger partial charge in [-0.15, -0.1) is 0 Å². The summed E-state index contributed by atoms with van der Waals surface area (Å²) in [6.07, 6.45) is 1.71. The number of piperidine rings is 2. The van der Waals surface area contributed by atoms with Crippen molar-refractivity contribution in [3.8, 4) is 5.75 Å². The van der Waals surface area contributed by atoms with Crippen LogP contribution in [-0.4, -0.2) is 68.0 Å². The molecular weight excluding hydrogens is 378 g/mol. The molecular formula is C20H23N3O6. The van der Waals surface area contributed by atoms with Crippen molar-refractivity contribution in [1.29, 1.82) is 0 Å². The summed E-state index contributed by atoms with van der Waals surface area (Å²) < 4.78 is 5.51. The molecule has 3 rings (SSSR count). The molecule has 2 saturated heterocycles. The molecule has 2 aliphatic rings. The first-order valence-corrected chi connectivity index (χ1v) is 9.41. The number of hydrogen-bond acceptors (Lipinski definition) is 7. The number of aldehydes is 1. The van der Waals surface area contributed by atoms with Crippen molar-refractivity contribution < 1.29 is 28.7 Å². The lowest BCUT2D eigenvalue weighted by Crippen LogP contribution is -2.53. The van der Waals surface area contributed by atoms with Gasteiger partial charge in [0.1, 0.15) is 11.8 Å². The van der Waals surface area contributed by atoms with Crippen molar-refractivity contribution in [2.45, 2.75) is 31.7 Å². The van der Waals surface area contributed by atoms with Crippen molar-refractivity contribution in [2.24, 2.45) is 0 Å². The van der Waals surface area contributed by atoms with Gasteiger partial charge in [0.25, 0.3) is 5.91 Å². The molecule has 9 nitrogen and oxygen atoms in total. The number of benzene rings is 1. The van der Waals surface area contributed by atoms with Crippen LogP contribution in [0.5, 0.6) is 5.75 Å². The monoisotopic (exact) mass is 401 g/mol. The molecule has 1 N–H and O–H groups in total. The van der Waals surface area contributed by atoms with E-state index in [0.717, 1.165) is 0 Å². The molecule has 0 aliphatic carbocycles. The first kappa shape index (κ1) is 20.5. The number of carbonyl (C=O) groups excluding carboxylic acids is 5. The van der Waals surface area contributed by atoms with Crippen LogP contribution in [0.25, 0.3) is 0 Å². The van der Waals surface area contributed by atoms with Gasteiger partial charge in [0, 0.05) is 45.0 Å². The molecule has 0 saturated carbocycles. The van der Waals surface area contributed by atoms with Crippen molar-refractivity contribution in [1.82, 2.24) is 10.2 Å². The van der Waals surface area contributed by atoms with Crippen LogP contribution in [0.4, 0.5) is 5.69 Å². The van der Waals surface area contributed by atoms with Crippen molar-refractivity contribution in [2.75, 3.05) is 32.1 Å². The summed E-state index contributed by atoms with van der Waals surface area (Å²) in [4.78, 5) is 63.2. The molecule has 9 heteroatoms. The second kappa shape index (κ2) is 8.42. The Morgan fingerprint density at radius 2 is 1.90 bits per heavy atom. The van der Waals surface area contributed by atoms with E-state index in [1.165, 1.54) is 25.1 Å². The summed E-state index contributed by atoms with van der Waals surface area (Å²) >= 11 is 0. The first-order chi connectivity index (χ1) is 13.9. The lowest BCUT2D eigenvalue weighted by Gasteiger charge is -2.32. The summed E-state index contributed by atoms with van der Waals surface area (Å²) in [7, 11) is 2.87. The molecule has 0 radical (unpaired) electrons. The van der Waals surface area contributed by atoms with Gasteiger partial charge in [0.15, 0.2) is 12.0 Å². The average Bonchev–Trinajstić information content (AvgIpc) is 2.72. The third-order valence-electron chi connectivity index (χ3n) is 5.37. The highest BCUT2D eigenvalue weighted by atomic mass is 16.5. The Bertz CT molecular complexity index is 871. The zero-order chi connectivity index (χ0) is 21.1. The number of rotatable bonds is 5. The van der Waals surface area contributed by atoms with Gasteiger partial charge in [-0.1, -0.05) is 0 Å². The summed E-state index contributed by atoms with van der Waals surface area (Å²) in [5.74, 6) is -1.06.